The highest BCUT2D eigenvalue weighted by Crippen LogP contribution is 2.20. The highest BCUT2D eigenvalue weighted by Gasteiger charge is 2.44. The van der Waals surface area contributed by atoms with Gasteiger partial charge in [-0.3, -0.25) is 4.55 Å². The molecular formula is C9H22F3NO4S. The van der Waals surface area contributed by atoms with E-state index in [0.717, 1.165) is 12.8 Å². The Hall–Kier alpha value is -0.380. The van der Waals surface area contributed by atoms with Gasteiger partial charge < -0.3 is 11.3 Å². The molecule has 0 aromatic heterocycles. The zero-order valence-corrected chi connectivity index (χ0v) is 11.6. The van der Waals surface area contributed by atoms with Crippen LogP contribution in [0.1, 0.15) is 46.5 Å². The zero-order chi connectivity index (χ0) is 14.3. The summed E-state index contributed by atoms with van der Waals surface area (Å²) in [6.45, 7) is 5.90. The van der Waals surface area contributed by atoms with Crippen molar-refractivity contribution in [2.24, 2.45) is 0 Å². The fraction of sp³-hybridized carbons (Fsp3) is 1.00. The van der Waals surface area contributed by atoms with Gasteiger partial charge in [0, 0.05) is 0 Å². The lowest BCUT2D eigenvalue weighted by Gasteiger charge is -2.15. The Morgan fingerprint density at radius 1 is 1.11 bits per heavy atom. The number of hydrogen-bond acceptors (Lipinski definition) is 4. The van der Waals surface area contributed by atoms with E-state index in [0.29, 0.717) is 0 Å². The van der Waals surface area contributed by atoms with Crippen molar-refractivity contribution in [3.63, 3.8) is 0 Å². The lowest BCUT2D eigenvalue weighted by Crippen LogP contribution is -2.21. The third-order valence-electron chi connectivity index (χ3n) is 1.68. The van der Waals surface area contributed by atoms with Crippen LogP contribution in [0.25, 0.3) is 0 Å². The molecule has 0 bridgehead atoms. The van der Waals surface area contributed by atoms with Gasteiger partial charge in [-0.1, -0.05) is 26.2 Å². The maximum Gasteiger partial charge on any atom is 0.522 e. The van der Waals surface area contributed by atoms with Crippen molar-refractivity contribution in [3.05, 3.63) is 0 Å². The van der Waals surface area contributed by atoms with E-state index in [-0.39, 0.29) is 6.15 Å². The van der Waals surface area contributed by atoms with Gasteiger partial charge in [0.05, 0.1) is 5.60 Å². The van der Waals surface area contributed by atoms with Gasteiger partial charge >= 0.3 is 15.6 Å². The molecule has 0 rings (SSSR count). The van der Waals surface area contributed by atoms with Crippen LogP contribution in [0.5, 0.6) is 0 Å². The summed E-state index contributed by atoms with van der Waals surface area (Å²) in [5, 5.41) is 9.24. The minimum atomic E-state index is -5.84. The third-order valence-corrected chi connectivity index (χ3v) is 2.27. The standard InChI is InChI=1S/C8H18O.CHF3O3S.H3N/c1-4-5-6-7-8(2,3)9;2-1(3,4)8(5,6)7;/h9H,4-7H2,1-3H3;(H,5,6,7);1H3. The number of halogens is 3. The van der Waals surface area contributed by atoms with Crippen LogP contribution < -0.4 is 6.15 Å². The summed E-state index contributed by atoms with van der Waals surface area (Å²) in [7, 11) is -5.84. The Bertz CT molecular complexity index is 296. The van der Waals surface area contributed by atoms with Crippen LogP contribution in [0.15, 0.2) is 0 Å². The molecule has 0 spiro atoms. The van der Waals surface area contributed by atoms with Crippen LogP contribution in [0, 0.1) is 0 Å². The van der Waals surface area contributed by atoms with Crippen molar-refractivity contribution in [2.45, 2.75) is 57.6 Å². The summed E-state index contributed by atoms with van der Waals surface area (Å²) in [6, 6.07) is 0. The average molecular weight is 297 g/mol. The summed E-state index contributed by atoms with van der Waals surface area (Å²) in [5.41, 5.74) is -5.98. The number of rotatable bonds is 4. The highest BCUT2D eigenvalue weighted by atomic mass is 32.2. The van der Waals surface area contributed by atoms with Gasteiger partial charge in [0.2, 0.25) is 0 Å². The minimum Gasteiger partial charge on any atom is -0.390 e. The van der Waals surface area contributed by atoms with Gasteiger partial charge in [-0.25, -0.2) is 0 Å². The summed E-state index contributed by atoms with van der Waals surface area (Å²) in [6.07, 6.45) is 4.56. The molecule has 0 aliphatic carbocycles. The van der Waals surface area contributed by atoms with Gasteiger partial charge in [0.25, 0.3) is 0 Å². The van der Waals surface area contributed by atoms with E-state index >= 15 is 0 Å². The number of aliphatic hydroxyl groups is 1. The van der Waals surface area contributed by atoms with Crippen molar-refractivity contribution in [3.8, 4) is 0 Å². The van der Waals surface area contributed by atoms with E-state index in [2.05, 4.69) is 6.92 Å². The SMILES string of the molecule is CCCCCC(C)(C)O.N.O=S(=O)(O)C(F)(F)F. The van der Waals surface area contributed by atoms with Crippen LogP contribution in [0.4, 0.5) is 13.2 Å². The Morgan fingerprint density at radius 2 is 1.44 bits per heavy atom. The fourth-order valence-electron chi connectivity index (χ4n) is 0.808. The molecule has 0 aliphatic rings. The van der Waals surface area contributed by atoms with Gasteiger partial charge in [-0.05, 0) is 20.3 Å². The number of alkyl halides is 3. The molecule has 18 heavy (non-hydrogen) atoms. The molecule has 0 saturated carbocycles. The molecule has 9 heteroatoms. The zero-order valence-electron chi connectivity index (χ0n) is 10.8. The normalized spacial score (nSPS) is 12.2. The van der Waals surface area contributed by atoms with Crippen LogP contribution in [0.2, 0.25) is 0 Å². The molecule has 0 amide bonds. The van der Waals surface area contributed by atoms with E-state index < -0.39 is 21.2 Å². The summed E-state index contributed by atoms with van der Waals surface area (Å²) in [4.78, 5) is 0. The molecule has 0 aliphatic heterocycles. The second-order valence-electron chi connectivity index (χ2n) is 4.19. The molecule has 114 valence electrons. The monoisotopic (exact) mass is 297 g/mol. The average Bonchev–Trinajstić information content (AvgIpc) is 1.99. The minimum absolute atomic E-state index is 0. The molecular weight excluding hydrogens is 275 g/mol. The molecule has 5 N–H and O–H groups in total. The maximum atomic E-state index is 10.7. The third kappa shape index (κ3) is 15.6. The molecule has 5 nitrogen and oxygen atoms in total. The molecule has 0 fully saturated rings. The van der Waals surface area contributed by atoms with Crippen LogP contribution in [-0.2, 0) is 10.1 Å². The number of hydrogen-bond donors (Lipinski definition) is 3. The molecule has 0 aromatic carbocycles. The van der Waals surface area contributed by atoms with Crippen LogP contribution in [0.3, 0.4) is 0 Å². The Kier molecular flexibility index (Phi) is 11.0. The second kappa shape index (κ2) is 8.68. The van der Waals surface area contributed by atoms with Crippen molar-refractivity contribution in [1.82, 2.24) is 6.15 Å². The lowest BCUT2D eigenvalue weighted by atomic mass is 10.0. The maximum absolute atomic E-state index is 10.7. The smallest absolute Gasteiger partial charge is 0.390 e. The summed E-state index contributed by atoms with van der Waals surface area (Å²) in [5.74, 6) is 0. The Labute approximate surface area is 106 Å². The van der Waals surface area contributed by atoms with Crippen molar-refractivity contribution in [1.29, 1.82) is 0 Å². The first-order valence-corrected chi connectivity index (χ1v) is 6.51. The van der Waals surface area contributed by atoms with Crippen LogP contribution in [-0.4, -0.2) is 29.2 Å². The quantitative estimate of drug-likeness (QED) is 0.420. The Morgan fingerprint density at radius 3 is 1.61 bits per heavy atom. The van der Waals surface area contributed by atoms with E-state index in [1.807, 2.05) is 13.8 Å². The topological polar surface area (TPSA) is 110 Å². The lowest BCUT2D eigenvalue weighted by molar-refractivity contribution is -0.0510. The van der Waals surface area contributed by atoms with Gasteiger partial charge in [0.15, 0.2) is 0 Å². The van der Waals surface area contributed by atoms with Crippen molar-refractivity contribution < 1.29 is 31.2 Å². The van der Waals surface area contributed by atoms with E-state index in [4.69, 9.17) is 13.0 Å². The number of unbranched alkanes of at least 4 members (excludes halogenated alkanes) is 2. The summed E-state index contributed by atoms with van der Waals surface area (Å²) >= 11 is 0. The first-order valence-electron chi connectivity index (χ1n) is 5.07. The molecule has 0 radical (unpaired) electrons. The first-order chi connectivity index (χ1) is 7.31. The predicted molar refractivity (Wildman–Crippen MR) is 63.1 cm³/mol. The predicted octanol–water partition coefficient (Wildman–Crippen LogP) is 2.89. The second-order valence-corrected chi connectivity index (χ2v) is 5.60. The molecule has 0 unspecified atom stereocenters. The fourth-order valence-corrected chi connectivity index (χ4v) is 0.808. The molecule has 0 atom stereocenters. The van der Waals surface area contributed by atoms with E-state index in [1.165, 1.54) is 12.8 Å². The van der Waals surface area contributed by atoms with E-state index in [9.17, 15) is 18.3 Å². The van der Waals surface area contributed by atoms with Crippen molar-refractivity contribution >= 4 is 10.1 Å². The molecule has 0 aromatic rings. The molecule has 0 heterocycles. The van der Waals surface area contributed by atoms with Crippen LogP contribution >= 0.6 is 0 Å². The van der Waals surface area contributed by atoms with E-state index in [1.54, 1.807) is 0 Å². The van der Waals surface area contributed by atoms with Gasteiger partial charge in [0.1, 0.15) is 0 Å². The first kappa shape index (κ1) is 22.8. The largest absolute Gasteiger partial charge is 0.522 e. The highest BCUT2D eigenvalue weighted by molar-refractivity contribution is 7.86. The molecule has 0 saturated heterocycles. The van der Waals surface area contributed by atoms with Gasteiger partial charge in [-0.15, -0.1) is 0 Å². The summed E-state index contributed by atoms with van der Waals surface area (Å²) < 4.78 is 57.5. The van der Waals surface area contributed by atoms with Gasteiger partial charge in [-0.2, -0.15) is 21.6 Å². The Balaban J connectivity index is -0.000000238. The van der Waals surface area contributed by atoms with Crippen molar-refractivity contribution in [2.75, 3.05) is 0 Å².